The van der Waals surface area contributed by atoms with Gasteiger partial charge in [0.25, 0.3) is 0 Å². The second-order valence-electron chi connectivity index (χ2n) is 3.82. The van der Waals surface area contributed by atoms with Gasteiger partial charge in [-0.2, -0.15) is 5.10 Å². The molecule has 1 amide bonds. The molecule has 0 atom stereocenters. The summed E-state index contributed by atoms with van der Waals surface area (Å²) < 4.78 is 1.74. The van der Waals surface area contributed by atoms with Gasteiger partial charge in [-0.3, -0.25) is 4.79 Å². The molecular formula is C13H15N3O. The number of anilines is 1. The Morgan fingerprint density at radius 1 is 1.35 bits per heavy atom. The first kappa shape index (κ1) is 11.4. The summed E-state index contributed by atoms with van der Waals surface area (Å²) in [6, 6.07) is 11.6. The van der Waals surface area contributed by atoms with Gasteiger partial charge < -0.3 is 5.32 Å². The van der Waals surface area contributed by atoms with Crippen LogP contribution in [0.1, 0.15) is 19.0 Å². The van der Waals surface area contributed by atoms with Gasteiger partial charge >= 0.3 is 0 Å². The molecule has 0 spiro atoms. The molecular weight excluding hydrogens is 214 g/mol. The minimum atomic E-state index is -0.0120. The van der Waals surface area contributed by atoms with Crippen molar-refractivity contribution in [3.05, 3.63) is 42.1 Å². The number of hydrogen-bond acceptors (Lipinski definition) is 2. The zero-order valence-corrected chi connectivity index (χ0v) is 9.97. The van der Waals surface area contributed by atoms with Gasteiger partial charge in [-0.15, -0.1) is 0 Å². The first-order valence-corrected chi connectivity index (χ1v) is 5.62. The van der Waals surface area contributed by atoms with Crippen LogP contribution in [0.3, 0.4) is 0 Å². The molecule has 2 aromatic rings. The summed E-state index contributed by atoms with van der Waals surface area (Å²) in [5.41, 5.74) is 1.81. The van der Waals surface area contributed by atoms with Crippen LogP contribution in [0.15, 0.2) is 36.4 Å². The Morgan fingerprint density at radius 2 is 2.06 bits per heavy atom. The first-order valence-electron chi connectivity index (χ1n) is 5.62. The van der Waals surface area contributed by atoms with Gasteiger partial charge in [0, 0.05) is 12.5 Å². The summed E-state index contributed by atoms with van der Waals surface area (Å²) in [7, 11) is 0. The maximum absolute atomic E-state index is 11.4. The number of benzene rings is 1. The lowest BCUT2D eigenvalue weighted by Crippen LogP contribution is -2.13. The standard InChI is InChI=1S/C13H15N3O/c1-3-13(17)14-12-9-10(2)15-16(12)11-7-5-4-6-8-11/h4-9H,3H2,1-2H3,(H,14,17). The Labute approximate surface area is 100 Å². The van der Waals surface area contributed by atoms with Crippen LogP contribution < -0.4 is 5.32 Å². The zero-order valence-electron chi connectivity index (χ0n) is 9.97. The third-order valence-corrected chi connectivity index (χ3v) is 2.42. The van der Waals surface area contributed by atoms with Crippen LogP contribution in [-0.4, -0.2) is 15.7 Å². The number of aromatic nitrogens is 2. The van der Waals surface area contributed by atoms with Crippen molar-refractivity contribution in [3.63, 3.8) is 0 Å². The lowest BCUT2D eigenvalue weighted by Gasteiger charge is -2.07. The average Bonchev–Trinajstić information content (AvgIpc) is 2.71. The third kappa shape index (κ3) is 2.53. The normalized spacial score (nSPS) is 10.2. The highest BCUT2D eigenvalue weighted by Gasteiger charge is 2.09. The van der Waals surface area contributed by atoms with Gasteiger partial charge in [0.1, 0.15) is 5.82 Å². The molecule has 4 nitrogen and oxygen atoms in total. The topological polar surface area (TPSA) is 46.9 Å². The molecule has 0 radical (unpaired) electrons. The summed E-state index contributed by atoms with van der Waals surface area (Å²) in [5, 5.41) is 7.21. The molecule has 2 rings (SSSR count). The Morgan fingerprint density at radius 3 is 2.71 bits per heavy atom. The molecule has 88 valence electrons. The van der Waals surface area contributed by atoms with Crippen LogP contribution in [0.5, 0.6) is 0 Å². The van der Waals surface area contributed by atoms with E-state index in [2.05, 4.69) is 10.4 Å². The summed E-state index contributed by atoms with van der Waals surface area (Å²) in [6.07, 6.45) is 0.457. The van der Waals surface area contributed by atoms with Gasteiger partial charge in [-0.05, 0) is 19.1 Å². The predicted octanol–water partition coefficient (Wildman–Crippen LogP) is 2.53. The molecule has 0 unspecified atom stereocenters. The van der Waals surface area contributed by atoms with Crippen LogP contribution in [0.25, 0.3) is 5.69 Å². The second-order valence-corrected chi connectivity index (χ2v) is 3.82. The van der Waals surface area contributed by atoms with Crippen molar-refractivity contribution in [3.8, 4) is 5.69 Å². The van der Waals surface area contributed by atoms with Crippen molar-refractivity contribution in [2.45, 2.75) is 20.3 Å². The number of carbonyl (C=O) groups excluding carboxylic acids is 1. The number of carbonyl (C=O) groups is 1. The van der Waals surface area contributed by atoms with Crippen LogP contribution in [0.4, 0.5) is 5.82 Å². The van der Waals surface area contributed by atoms with Crippen molar-refractivity contribution in [2.75, 3.05) is 5.32 Å². The van der Waals surface area contributed by atoms with E-state index >= 15 is 0 Å². The smallest absolute Gasteiger partial charge is 0.225 e. The molecule has 0 aliphatic carbocycles. The quantitative estimate of drug-likeness (QED) is 0.879. The highest BCUT2D eigenvalue weighted by Crippen LogP contribution is 2.16. The fraction of sp³-hybridized carbons (Fsp3) is 0.231. The molecule has 0 saturated heterocycles. The molecule has 1 N–H and O–H groups in total. The highest BCUT2D eigenvalue weighted by atomic mass is 16.1. The van der Waals surface area contributed by atoms with Gasteiger partial charge in [-0.25, -0.2) is 4.68 Å². The first-order chi connectivity index (χ1) is 8.20. The van der Waals surface area contributed by atoms with Gasteiger partial charge in [0.2, 0.25) is 5.91 Å². The molecule has 0 aliphatic heterocycles. The van der Waals surface area contributed by atoms with E-state index in [9.17, 15) is 4.79 Å². The number of rotatable bonds is 3. The molecule has 1 aromatic carbocycles. The number of para-hydroxylation sites is 1. The molecule has 0 saturated carbocycles. The zero-order chi connectivity index (χ0) is 12.3. The van der Waals surface area contributed by atoms with Crippen LogP contribution in [-0.2, 0) is 4.79 Å². The Bertz CT molecular complexity index is 517. The molecule has 0 aliphatic rings. The fourth-order valence-electron chi connectivity index (χ4n) is 1.59. The number of nitrogens with one attached hydrogen (secondary N) is 1. The Hall–Kier alpha value is -2.10. The van der Waals surface area contributed by atoms with Crippen LogP contribution >= 0.6 is 0 Å². The van der Waals surface area contributed by atoms with E-state index in [0.29, 0.717) is 12.2 Å². The maximum Gasteiger partial charge on any atom is 0.225 e. The van der Waals surface area contributed by atoms with Gasteiger partial charge in [0.05, 0.1) is 11.4 Å². The van der Waals surface area contributed by atoms with E-state index in [1.807, 2.05) is 50.2 Å². The van der Waals surface area contributed by atoms with Crippen LogP contribution in [0.2, 0.25) is 0 Å². The number of amides is 1. The SMILES string of the molecule is CCC(=O)Nc1cc(C)nn1-c1ccccc1. The fourth-order valence-corrected chi connectivity index (χ4v) is 1.59. The molecule has 1 aromatic heterocycles. The van der Waals surface area contributed by atoms with Crippen LogP contribution in [0, 0.1) is 6.92 Å². The van der Waals surface area contributed by atoms with Crippen molar-refractivity contribution in [1.29, 1.82) is 0 Å². The summed E-state index contributed by atoms with van der Waals surface area (Å²) in [5.74, 6) is 0.697. The Balaban J connectivity index is 2.37. The average molecular weight is 229 g/mol. The van der Waals surface area contributed by atoms with E-state index in [4.69, 9.17) is 0 Å². The molecule has 1 heterocycles. The molecule has 0 bridgehead atoms. The van der Waals surface area contributed by atoms with Crippen molar-refractivity contribution < 1.29 is 4.79 Å². The van der Waals surface area contributed by atoms with Gasteiger partial charge in [-0.1, -0.05) is 25.1 Å². The van der Waals surface area contributed by atoms with E-state index in [-0.39, 0.29) is 5.91 Å². The minimum absolute atomic E-state index is 0.0120. The van der Waals surface area contributed by atoms with Crippen molar-refractivity contribution in [1.82, 2.24) is 9.78 Å². The maximum atomic E-state index is 11.4. The Kier molecular flexibility index (Phi) is 3.23. The van der Waals surface area contributed by atoms with E-state index in [1.165, 1.54) is 0 Å². The molecule has 4 heteroatoms. The van der Waals surface area contributed by atoms with Gasteiger partial charge in [0.15, 0.2) is 0 Å². The minimum Gasteiger partial charge on any atom is -0.311 e. The number of hydrogen-bond donors (Lipinski definition) is 1. The third-order valence-electron chi connectivity index (χ3n) is 2.42. The summed E-state index contributed by atoms with van der Waals surface area (Å²) >= 11 is 0. The van der Waals surface area contributed by atoms with E-state index in [0.717, 1.165) is 11.4 Å². The van der Waals surface area contributed by atoms with Crippen molar-refractivity contribution >= 4 is 11.7 Å². The number of aryl methyl sites for hydroxylation is 1. The van der Waals surface area contributed by atoms with E-state index in [1.54, 1.807) is 4.68 Å². The van der Waals surface area contributed by atoms with E-state index < -0.39 is 0 Å². The molecule has 0 fully saturated rings. The summed E-state index contributed by atoms with van der Waals surface area (Å²) in [4.78, 5) is 11.4. The molecule has 17 heavy (non-hydrogen) atoms. The van der Waals surface area contributed by atoms with Crippen molar-refractivity contribution in [2.24, 2.45) is 0 Å². The predicted molar refractivity (Wildman–Crippen MR) is 67.2 cm³/mol. The monoisotopic (exact) mass is 229 g/mol. The number of nitrogens with zero attached hydrogens (tertiary/aromatic N) is 2. The largest absolute Gasteiger partial charge is 0.311 e. The lowest BCUT2D eigenvalue weighted by atomic mass is 10.3. The lowest BCUT2D eigenvalue weighted by molar-refractivity contribution is -0.115. The highest BCUT2D eigenvalue weighted by molar-refractivity contribution is 5.89. The second kappa shape index (κ2) is 4.82. The summed E-state index contributed by atoms with van der Waals surface area (Å²) in [6.45, 7) is 3.73.